The Balaban J connectivity index is 1.52. The highest BCUT2D eigenvalue weighted by Crippen LogP contribution is 2.26. The van der Waals surface area contributed by atoms with Gasteiger partial charge in [-0.15, -0.1) is 0 Å². The number of imidazole rings is 1. The zero-order valence-corrected chi connectivity index (χ0v) is 16.2. The molecule has 0 radical (unpaired) electrons. The van der Waals surface area contributed by atoms with Crippen LogP contribution in [0.2, 0.25) is 0 Å². The second-order valence-electron chi connectivity index (χ2n) is 7.76. The largest absolute Gasteiger partial charge is 0.338 e. The molecule has 3 aromatic rings. The number of likely N-dealkylation sites (tertiary alicyclic amines) is 1. The van der Waals surface area contributed by atoms with Crippen molar-refractivity contribution in [3.05, 3.63) is 59.5 Å². The Morgan fingerprint density at radius 3 is 2.81 bits per heavy atom. The fourth-order valence-electron chi connectivity index (χ4n) is 4.09. The normalized spacial score (nSPS) is 17.2. The van der Waals surface area contributed by atoms with Crippen LogP contribution in [0.4, 0.5) is 0 Å². The average Bonchev–Trinajstić information content (AvgIpc) is 3.26. The Morgan fingerprint density at radius 1 is 1.22 bits per heavy atom. The van der Waals surface area contributed by atoms with Crippen molar-refractivity contribution >= 4 is 17.1 Å². The molecule has 1 saturated heterocycles. The summed E-state index contributed by atoms with van der Waals surface area (Å²) < 4.78 is 2.24. The molecule has 0 saturated carbocycles. The van der Waals surface area contributed by atoms with Crippen LogP contribution in [0.1, 0.15) is 48.1 Å². The van der Waals surface area contributed by atoms with Gasteiger partial charge in [-0.25, -0.2) is 9.97 Å². The fourth-order valence-corrected chi connectivity index (χ4v) is 4.09. The minimum absolute atomic E-state index is 0.148. The summed E-state index contributed by atoms with van der Waals surface area (Å²) in [5.41, 5.74) is 3.76. The van der Waals surface area contributed by atoms with Crippen LogP contribution in [-0.4, -0.2) is 38.4 Å². The van der Waals surface area contributed by atoms with Crippen LogP contribution < -0.4 is 0 Å². The summed E-state index contributed by atoms with van der Waals surface area (Å²) in [6, 6.07) is 12.1. The number of pyridine rings is 1. The lowest BCUT2D eigenvalue weighted by molar-refractivity contribution is 0.0786. The molecule has 27 heavy (non-hydrogen) atoms. The lowest BCUT2D eigenvalue weighted by Gasteiger charge is -2.18. The number of aryl methyl sites for hydroxylation is 1. The highest BCUT2D eigenvalue weighted by Gasteiger charge is 2.29. The maximum absolute atomic E-state index is 12.9. The number of hydrogen-bond acceptors (Lipinski definition) is 3. The van der Waals surface area contributed by atoms with Gasteiger partial charge in [0, 0.05) is 37.3 Å². The quantitative estimate of drug-likeness (QED) is 0.704. The van der Waals surface area contributed by atoms with Crippen LogP contribution >= 0.6 is 0 Å². The molecule has 1 aliphatic heterocycles. The molecule has 1 aromatic carbocycles. The predicted octanol–water partition coefficient (Wildman–Crippen LogP) is 4.03. The maximum Gasteiger partial charge on any atom is 0.254 e. The highest BCUT2D eigenvalue weighted by molar-refractivity contribution is 5.95. The van der Waals surface area contributed by atoms with Crippen LogP contribution in [0.25, 0.3) is 11.2 Å². The fraction of sp³-hybridized carbons (Fsp3) is 0.409. The second-order valence-corrected chi connectivity index (χ2v) is 7.76. The number of benzene rings is 1. The molecular weight excluding hydrogens is 336 g/mol. The molecule has 140 valence electrons. The minimum atomic E-state index is 0.148. The zero-order chi connectivity index (χ0) is 19.0. The molecule has 3 heterocycles. The zero-order valence-electron chi connectivity index (χ0n) is 16.2. The van der Waals surface area contributed by atoms with E-state index >= 15 is 0 Å². The Kier molecular flexibility index (Phi) is 4.68. The Hall–Kier alpha value is -2.69. The number of rotatable bonds is 4. The smallest absolute Gasteiger partial charge is 0.254 e. The van der Waals surface area contributed by atoms with E-state index in [1.165, 1.54) is 0 Å². The van der Waals surface area contributed by atoms with Crippen LogP contribution in [0.15, 0.2) is 42.6 Å². The molecule has 0 N–H and O–H groups in total. The third-order valence-electron chi connectivity index (χ3n) is 5.46. The van der Waals surface area contributed by atoms with E-state index in [9.17, 15) is 4.79 Å². The number of carbonyl (C=O) groups is 1. The molecule has 2 aromatic heterocycles. The molecule has 1 fully saturated rings. The van der Waals surface area contributed by atoms with Gasteiger partial charge in [-0.05, 0) is 56.9 Å². The van der Waals surface area contributed by atoms with Crippen LogP contribution in [-0.2, 0) is 6.42 Å². The van der Waals surface area contributed by atoms with Gasteiger partial charge in [-0.2, -0.15) is 0 Å². The van der Waals surface area contributed by atoms with Crippen LogP contribution in [0, 0.1) is 12.8 Å². The van der Waals surface area contributed by atoms with Gasteiger partial charge < -0.3 is 9.47 Å². The summed E-state index contributed by atoms with van der Waals surface area (Å²) >= 11 is 0. The van der Waals surface area contributed by atoms with Gasteiger partial charge in [-0.3, -0.25) is 4.79 Å². The van der Waals surface area contributed by atoms with Gasteiger partial charge in [-0.1, -0.05) is 18.2 Å². The number of hydrogen-bond donors (Lipinski definition) is 0. The topological polar surface area (TPSA) is 51.0 Å². The van der Waals surface area contributed by atoms with Crippen molar-refractivity contribution in [1.29, 1.82) is 0 Å². The van der Waals surface area contributed by atoms with Crippen molar-refractivity contribution in [2.75, 3.05) is 13.1 Å². The van der Waals surface area contributed by atoms with E-state index in [2.05, 4.69) is 23.4 Å². The highest BCUT2D eigenvalue weighted by atomic mass is 16.2. The van der Waals surface area contributed by atoms with Crippen molar-refractivity contribution in [1.82, 2.24) is 19.4 Å². The van der Waals surface area contributed by atoms with Gasteiger partial charge in [0.2, 0.25) is 0 Å². The SMILES string of the molecule is Cc1ccccc1C(=O)N1CC[C@@H](Cc2nc3cccnc3n2C(C)C)C1. The summed E-state index contributed by atoms with van der Waals surface area (Å²) in [4.78, 5) is 24.2. The summed E-state index contributed by atoms with van der Waals surface area (Å²) in [5.74, 6) is 1.66. The minimum Gasteiger partial charge on any atom is -0.338 e. The summed E-state index contributed by atoms with van der Waals surface area (Å²) in [7, 11) is 0. The van der Waals surface area contributed by atoms with Crippen molar-refractivity contribution in [3.63, 3.8) is 0 Å². The van der Waals surface area contributed by atoms with E-state index in [0.29, 0.717) is 12.0 Å². The molecule has 0 spiro atoms. The van der Waals surface area contributed by atoms with E-state index in [0.717, 1.165) is 54.0 Å². The average molecular weight is 362 g/mol. The molecule has 5 heteroatoms. The summed E-state index contributed by atoms with van der Waals surface area (Å²) in [5, 5.41) is 0. The Labute approximate surface area is 160 Å². The first-order valence-electron chi connectivity index (χ1n) is 9.71. The number of carbonyl (C=O) groups excluding carboxylic acids is 1. The van der Waals surface area contributed by atoms with Crippen molar-refractivity contribution in [2.24, 2.45) is 5.92 Å². The third kappa shape index (κ3) is 3.34. The molecule has 0 bridgehead atoms. The van der Waals surface area contributed by atoms with Gasteiger partial charge in [0.05, 0.1) is 0 Å². The van der Waals surface area contributed by atoms with E-state index in [1.54, 1.807) is 0 Å². The van der Waals surface area contributed by atoms with Gasteiger partial charge in [0.1, 0.15) is 11.3 Å². The molecule has 1 atom stereocenters. The molecular formula is C22H26N4O. The molecule has 0 unspecified atom stereocenters. The van der Waals surface area contributed by atoms with Crippen molar-refractivity contribution in [2.45, 2.75) is 39.7 Å². The van der Waals surface area contributed by atoms with Gasteiger partial charge in [0.15, 0.2) is 5.65 Å². The first kappa shape index (κ1) is 17.7. The first-order valence-corrected chi connectivity index (χ1v) is 9.71. The lowest BCUT2D eigenvalue weighted by atomic mass is 10.0. The lowest BCUT2D eigenvalue weighted by Crippen LogP contribution is -2.29. The molecule has 4 rings (SSSR count). The number of nitrogens with zero attached hydrogens (tertiary/aromatic N) is 4. The van der Waals surface area contributed by atoms with E-state index in [4.69, 9.17) is 4.98 Å². The molecule has 5 nitrogen and oxygen atoms in total. The van der Waals surface area contributed by atoms with Gasteiger partial charge in [0.25, 0.3) is 5.91 Å². The number of aromatic nitrogens is 3. The van der Waals surface area contributed by atoms with E-state index in [1.807, 2.05) is 54.4 Å². The third-order valence-corrected chi connectivity index (χ3v) is 5.46. The summed E-state index contributed by atoms with van der Waals surface area (Å²) in [6.45, 7) is 7.95. The Morgan fingerprint density at radius 2 is 2.04 bits per heavy atom. The Bertz CT molecular complexity index is 975. The predicted molar refractivity (Wildman–Crippen MR) is 107 cm³/mol. The molecule has 0 aliphatic carbocycles. The molecule has 1 aliphatic rings. The number of fused-ring (bicyclic) bond motifs is 1. The summed E-state index contributed by atoms with van der Waals surface area (Å²) in [6.07, 6.45) is 3.73. The number of amides is 1. The van der Waals surface area contributed by atoms with E-state index in [-0.39, 0.29) is 5.91 Å². The first-order chi connectivity index (χ1) is 13.0. The van der Waals surface area contributed by atoms with Crippen molar-refractivity contribution in [3.8, 4) is 0 Å². The van der Waals surface area contributed by atoms with Crippen LogP contribution in [0.3, 0.4) is 0 Å². The standard InChI is InChI=1S/C22H26N4O/c1-15(2)26-20(24-19-9-6-11-23-21(19)26)13-17-10-12-25(14-17)22(27)18-8-5-4-7-16(18)3/h4-9,11,15,17H,10,12-14H2,1-3H3/t17-/m0/s1. The van der Waals surface area contributed by atoms with Gasteiger partial charge >= 0.3 is 0 Å². The molecule has 1 amide bonds. The second kappa shape index (κ2) is 7.14. The maximum atomic E-state index is 12.9. The van der Waals surface area contributed by atoms with E-state index < -0.39 is 0 Å². The van der Waals surface area contributed by atoms with Crippen molar-refractivity contribution < 1.29 is 4.79 Å². The van der Waals surface area contributed by atoms with Crippen LogP contribution in [0.5, 0.6) is 0 Å². The monoisotopic (exact) mass is 362 g/mol.